The topological polar surface area (TPSA) is 38.3 Å². The van der Waals surface area contributed by atoms with Gasteiger partial charge in [-0.3, -0.25) is 4.79 Å². The number of rotatable bonds is 7. The molecule has 3 nitrogen and oxygen atoms in total. The smallest absolute Gasteiger partial charge is 0.223 e. The van der Waals surface area contributed by atoms with Crippen molar-refractivity contribution >= 4 is 5.91 Å². The second-order valence-electron chi connectivity index (χ2n) is 5.87. The molecule has 0 unspecified atom stereocenters. The maximum absolute atomic E-state index is 12.0. The normalized spacial score (nSPS) is 21.0. The van der Waals surface area contributed by atoms with E-state index in [4.69, 9.17) is 4.74 Å². The number of nitrogens with one attached hydrogen (secondary N) is 1. The van der Waals surface area contributed by atoms with Crippen LogP contribution in [0.25, 0.3) is 0 Å². The van der Waals surface area contributed by atoms with Gasteiger partial charge < -0.3 is 10.1 Å². The zero-order chi connectivity index (χ0) is 14.5. The molecule has 1 saturated carbocycles. The second-order valence-corrected chi connectivity index (χ2v) is 5.87. The lowest BCUT2D eigenvalue weighted by molar-refractivity contribution is -0.122. The van der Waals surface area contributed by atoms with Gasteiger partial charge in [-0.1, -0.05) is 24.3 Å². The largest absolute Gasteiger partial charge is 0.379 e. The van der Waals surface area contributed by atoms with Gasteiger partial charge in [0.15, 0.2) is 0 Å². The summed E-state index contributed by atoms with van der Waals surface area (Å²) in [6.07, 6.45) is 2.13. The molecule has 0 heterocycles. The maximum Gasteiger partial charge on any atom is 0.223 e. The summed E-state index contributed by atoms with van der Waals surface area (Å²) in [4.78, 5) is 12.0. The Bertz CT molecular complexity index is 456. The number of hydrogen-bond donors (Lipinski definition) is 1. The van der Waals surface area contributed by atoms with Gasteiger partial charge >= 0.3 is 0 Å². The SMILES string of the molecule is Cc1ccccc1[C@@H]1C[C@@H]1C(=O)NCCCOC(C)C. The molecule has 1 N–H and O–H groups in total. The molecule has 1 aromatic rings. The first kappa shape index (κ1) is 15.0. The third kappa shape index (κ3) is 4.07. The molecular formula is C17H25NO2. The molecular weight excluding hydrogens is 250 g/mol. The fourth-order valence-electron chi connectivity index (χ4n) is 2.57. The lowest BCUT2D eigenvalue weighted by Crippen LogP contribution is -2.27. The van der Waals surface area contributed by atoms with Crippen LogP contribution in [-0.2, 0) is 9.53 Å². The molecule has 1 aromatic carbocycles. The summed E-state index contributed by atoms with van der Waals surface area (Å²) >= 11 is 0. The van der Waals surface area contributed by atoms with E-state index in [0.29, 0.717) is 19.1 Å². The zero-order valence-corrected chi connectivity index (χ0v) is 12.7. The van der Waals surface area contributed by atoms with Crippen LogP contribution < -0.4 is 5.32 Å². The van der Waals surface area contributed by atoms with E-state index in [9.17, 15) is 4.79 Å². The molecule has 0 saturated heterocycles. The van der Waals surface area contributed by atoms with Crippen LogP contribution in [0.1, 0.15) is 43.7 Å². The quantitative estimate of drug-likeness (QED) is 0.777. The Balaban J connectivity index is 1.70. The molecule has 2 rings (SSSR count). The van der Waals surface area contributed by atoms with Gasteiger partial charge in [-0.15, -0.1) is 0 Å². The molecule has 0 spiro atoms. The molecule has 2 atom stereocenters. The van der Waals surface area contributed by atoms with Crippen molar-refractivity contribution in [3.05, 3.63) is 35.4 Å². The molecule has 0 aromatic heterocycles. The molecule has 110 valence electrons. The van der Waals surface area contributed by atoms with Crippen molar-refractivity contribution in [2.45, 2.75) is 45.6 Å². The molecule has 1 fully saturated rings. The molecule has 0 radical (unpaired) electrons. The van der Waals surface area contributed by atoms with E-state index in [-0.39, 0.29) is 17.9 Å². The van der Waals surface area contributed by atoms with Gasteiger partial charge in [-0.2, -0.15) is 0 Å². The highest BCUT2D eigenvalue weighted by molar-refractivity contribution is 5.82. The van der Waals surface area contributed by atoms with E-state index in [2.05, 4.69) is 30.4 Å². The van der Waals surface area contributed by atoms with Gasteiger partial charge in [0.1, 0.15) is 0 Å². The Hall–Kier alpha value is -1.35. The Morgan fingerprint density at radius 3 is 2.85 bits per heavy atom. The molecule has 0 bridgehead atoms. The molecule has 20 heavy (non-hydrogen) atoms. The molecule has 1 aliphatic carbocycles. The minimum atomic E-state index is 0.169. The van der Waals surface area contributed by atoms with Crippen LogP contribution >= 0.6 is 0 Å². The Morgan fingerprint density at radius 1 is 1.40 bits per heavy atom. The fourth-order valence-corrected chi connectivity index (χ4v) is 2.57. The first-order valence-corrected chi connectivity index (χ1v) is 7.54. The van der Waals surface area contributed by atoms with E-state index in [1.165, 1.54) is 11.1 Å². The summed E-state index contributed by atoms with van der Waals surface area (Å²) in [5.41, 5.74) is 2.62. The molecule has 3 heteroatoms. The number of hydrogen-bond acceptors (Lipinski definition) is 2. The minimum Gasteiger partial charge on any atom is -0.379 e. The third-order valence-corrected chi connectivity index (χ3v) is 3.79. The minimum absolute atomic E-state index is 0.169. The van der Waals surface area contributed by atoms with Crippen LogP contribution in [0.15, 0.2) is 24.3 Å². The lowest BCUT2D eigenvalue weighted by Gasteiger charge is -2.08. The van der Waals surface area contributed by atoms with Gasteiger partial charge in [0, 0.05) is 19.1 Å². The second kappa shape index (κ2) is 6.89. The van der Waals surface area contributed by atoms with E-state index < -0.39 is 0 Å². The number of amides is 1. The molecule has 1 amide bonds. The van der Waals surface area contributed by atoms with Crippen LogP contribution in [0.3, 0.4) is 0 Å². The van der Waals surface area contributed by atoms with E-state index in [1.807, 2.05) is 19.9 Å². The van der Waals surface area contributed by atoms with Gasteiger partial charge in [0.2, 0.25) is 5.91 Å². The monoisotopic (exact) mass is 275 g/mol. The molecule has 0 aliphatic heterocycles. The van der Waals surface area contributed by atoms with E-state index >= 15 is 0 Å². The van der Waals surface area contributed by atoms with Crippen LogP contribution in [-0.4, -0.2) is 25.2 Å². The summed E-state index contributed by atoms with van der Waals surface area (Å²) < 4.78 is 5.45. The third-order valence-electron chi connectivity index (χ3n) is 3.79. The maximum atomic E-state index is 12.0. The fraction of sp³-hybridized carbons (Fsp3) is 0.588. The Labute approximate surface area is 121 Å². The van der Waals surface area contributed by atoms with Gasteiger partial charge in [0.25, 0.3) is 0 Å². The van der Waals surface area contributed by atoms with Crippen molar-refractivity contribution in [2.75, 3.05) is 13.2 Å². The number of carbonyl (C=O) groups excluding carboxylic acids is 1. The first-order valence-electron chi connectivity index (χ1n) is 7.54. The van der Waals surface area contributed by atoms with Crippen LogP contribution in [0.5, 0.6) is 0 Å². The Morgan fingerprint density at radius 2 is 2.15 bits per heavy atom. The first-order chi connectivity index (χ1) is 9.59. The number of aryl methyl sites for hydroxylation is 1. The summed E-state index contributed by atoms with van der Waals surface area (Å²) in [6.45, 7) is 7.59. The number of carbonyl (C=O) groups is 1. The summed E-state index contributed by atoms with van der Waals surface area (Å²) in [5.74, 6) is 0.785. The van der Waals surface area contributed by atoms with Gasteiger partial charge in [-0.05, 0) is 50.7 Å². The van der Waals surface area contributed by atoms with Crippen molar-refractivity contribution in [3.8, 4) is 0 Å². The van der Waals surface area contributed by atoms with Crippen LogP contribution in [0.2, 0.25) is 0 Å². The summed E-state index contributed by atoms with van der Waals surface area (Å²) in [5, 5.41) is 3.02. The predicted molar refractivity (Wildman–Crippen MR) is 80.7 cm³/mol. The van der Waals surface area contributed by atoms with Gasteiger partial charge in [0.05, 0.1) is 6.10 Å². The standard InChI is InChI=1S/C17H25NO2/c1-12(2)20-10-6-9-18-17(19)16-11-15(16)14-8-5-4-7-13(14)3/h4-5,7-8,12,15-16H,6,9-11H2,1-3H3,(H,18,19)/t15-,16-/m0/s1. The molecule has 1 aliphatic rings. The Kier molecular flexibility index (Phi) is 5.18. The van der Waals surface area contributed by atoms with Crippen molar-refractivity contribution in [2.24, 2.45) is 5.92 Å². The van der Waals surface area contributed by atoms with E-state index in [0.717, 1.165) is 12.8 Å². The highest BCUT2D eigenvalue weighted by atomic mass is 16.5. The highest BCUT2D eigenvalue weighted by Gasteiger charge is 2.44. The summed E-state index contributed by atoms with van der Waals surface area (Å²) in [7, 11) is 0. The average Bonchev–Trinajstić information content (AvgIpc) is 3.18. The predicted octanol–water partition coefficient (Wildman–Crippen LogP) is 3.03. The summed E-state index contributed by atoms with van der Waals surface area (Å²) in [6, 6.07) is 8.36. The van der Waals surface area contributed by atoms with Crippen molar-refractivity contribution in [3.63, 3.8) is 0 Å². The van der Waals surface area contributed by atoms with Crippen molar-refractivity contribution < 1.29 is 9.53 Å². The van der Waals surface area contributed by atoms with Crippen LogP contribution in [0.4, 0.5) is 0 Å². The van der Waals surface area contributed by atoms with Crippen molar-refractivity contribution in [1.29, 1.82) is 0 Å². The van der Waals surface area contributed by atoms with Crippen molar-refractivity contribution in [1.82, 2.24) is 5.32 Å². The van der Waals surface area contributed by atoms with E-state index in [1.54, 1.807) is 0 Å². The average molecular weight is 275 g/mol. The lowest BCUT2D eigenvalue weighted by atomic mass is 10.0. The number of ether oxygens (including phenoxy) is 1. The number of benzene rings is 1. The van der Waals surface area contributed by atoms with Gasteiger partial charge in [-0.25, -0.2) is 0 Å². The highest BCUT2D eigenvalue weighted by Crippen LogP contribution is 2.48. The van der Waals surface area contributed by atoms with Crippen LogP contribution in [0, 0.1) is 12.8 Å². The zero-order valence-electron chi connectivity index (χ0n) is 12.7.